The highest BCUT2D eigenvalue weighted by Crippen LogP contribution is 2.38. The molecular weight excluding hydrogens is 311 g/mol. The van der Waals surface area contributed by atoms with Crippen LogP contribution in [0, 0.1) is 11.8 Å². The third-order valence-corrected chi connectivity index (χ3v) is 5.07. The summed E-state index contributed by atoms with van der Waals surface area (Å²) in [7, 11) is 0. The van der Waals surface area contributed by atoms with Crippen LogP contribution in [-0.2, 0) is 4.74 Å². The van der Waals surface area contributed by atoms with Crippen molar-refractivity contribution in [3.63, 3.8) is 0 Å². The van der Waals surface area contributed by atoms with E-state index < -0.39 is 0 Å². The molecule has 0 amide bonds. The zero-order valence-corrected chi connectivity index (χ0v) is 13.3. The van der Waals surface area contributed by atoms with Crippen LogP contribution in [0.2, 0.25) is 0 Å². The highest BCUT2D eigenvalue weighted by molar-refractivity contribution is 14.1. The minimum absolute atomic E-state index is 0.217. The van der Waals surface area contributed by atoms with Gasteiger partial charge in [0.1, 0.15) is 0 Å². The average Bonchev–Trinajstić information content (AvgIpc) is 2.29. The zero-order valence-electron chi connectivity index (χ0n) is 11.1. The summed E-state index contributed by atoms with van der Waals surface area (Å²) < 4.78 is 7.36. The van der Waals surface area contributed by atoms with Gasteiger partial charge < -0.3 is 4.74 Å². The largest absolute Gasteiger partial charge is 0.374 e. The fourth-order valence-electron chi connectivity index (χ4n) is 2.56. The average molecular weight is 338 g/mol. The summed E-state index contributed by atoms with van der Waals surface area (Å²) in [5.74, 6) is 1.64. The number of hydrogen-bond donors (Lipinski definition) is 0. The molecule has 1 fully saturated rings. The molecule has 0 unspecified atom stereocenters. The highest BCUT2D eigenvalue weighted by atomic mass is 127. The summed E-state index contributed by atoms with van der Waals surface area (Å²) in [5, 5.41) is 0. The van der Waals surface area contributed by atoms with Crippen LogP contribution >= 0.6 is 22.6 Å². The first-order valence-corrected chi connectivity index (χ1v) is 8.34. The molecule has 0 aromatic heterocycles. The van der Waals surface area contributed by atoms with Crippen molar-refractivity contribution in [2.24, 2.45) is 11.8 Å². The summed E-state index contributed by atoms with van der Waals surface area (Å²) in [5.41, 5.74) is 0.217. The lowest BCUT2D eigenvalue weighted by atomic mass is 9.78. The van der Waals surface area contributed by atoms with Crippen LogP contribution in [0.3, 0.4) is 0 Å². The second-order valence-corrected chi connectivity index (χ2v) is 6.52. The minimum Gasteiger partial charge on any atom is -0.374 e. The van der Waals surface area contributed by atoms with Crippen LogP contribution in [0.4, 0.5) is 0 Å². The summed E-state index contributed by atoms with van der Waals surface area (Å²) in [4.78, 5) is 0. The van der Waals surface area contributed by atoms with E-state index in [-0.39, 0.29) is 5.60 Å². The van der Waals surface area contributed by atoms with Gasteiger partial charge in [0.15, 0.2) is 0 Å². The number of hydrogen-bond acceptors (Lipinski definition) is 1. The van der Waals surface area contributed by atoms with Gasteiger partial charge in [-0.25, -0.2) is 0 Å². The number of halogens is 1. The SMILES string of the molecule is CCCC1CCC(CI)(OCC(C)C)CC1. The maximum Gasteiger partial charge on any atom is 0.0771 e. The molecule has 0 bridgehead atoms. The molecule has 0 heterocycles. The van der Waals surface area contributed by atoms with E-state index >= 15 is 0 Å². The van der Waals surface area contributed by atoms with E-state index in [9.17, 15) is 0 Å². The fraction of sp³-hybridized carbons (Fsp3) is 1.00. The van der Waals surface area contributed by atoms with Crippen LogP contribution in [0.25, 0.3) is 0 Å². The third kappa shape index (κ3) is 4.52. The van der Waals surface area contributed by atoms with Crippen molar-refractivity contribution >= 4 is 22.6 Å². The molecule has 0 N–H and O–H groups in total. The first kappa shape index (κ1) is 14.7. The van der Waals surface area contributed by atoms with Gasteiger partial charge in [-0.3, -0.25) is 0 Å². The van der Waals surface area contributed by atoms with Crippen molar-refractivity contribution in [3.05, 3.63) is 0 Å². The van der Waals surface area contributed by atoms with E-state index in [2.05, 4.69) is 43.4 Å². The zero-order chi connectivity index (χ0) is 12.0. The molecule has 0 spiro atoms. The minimum atomic E-state index is 0.217. The Kier molecular flexibility index (Phi) is 6.63. The fourth-order valence-corrected chi connectivity index (χ4v) is 3.54. The van der Waals surface area contributed by atoms with E-state index in [1.54, 1.807) is 0 Å². The van der Waals surface area contributed by atoms with Crippen LogP contribution in [0.1, 0.15) is 59.3 Å². The van der Waals surface area contributed by atoms with Crippen LogP contribution in [-0.4, -0.2) is 16.6 Å². The molecule has 16 heavy (non-hydrogen) atoms. The number of rotatable bonds is 6. The third-order valence-electron chi connectivity index (χ3n) is 3.68. The lowest BCUT2D eigenvalue weighted by molar-refractivity contribution is -0.0692. The Morgan fingerprint density at radius 3 is 2.38 bits per heavy atom. The van der Waals surface area contributed by atoms with Crippen molar-refractivity contribution in [2.45, 2.75) is 64.9 Å². The molecule has 1 aliphatic carbocycles. The van der Waals surface area contributed by atoms with Gasteiger partial charge >= 0.3 is 0 Å². The van der Waals surface area contributed by atoms with Crippen molar-refractivity contribution in [1.29, 1.82) is 0 Å². The van der Waals surface area contributed by atoms with Gasteiger partial charge in [0.2, 0.25) is 0 Å². The number of ether oxygens (including phenoxy) is 1. The molecule has 0 saturated heterocycles. The molecule has 1 nitrogen and oxygen atoms in total. The van der Waals surface area contributed by atoms with E-state index in [1.165, 1.54) is 38.5 Å². The number of alkyl halides is 1. The second-order valence-electron chi connectivity index (χ2n) is 5.75. The topological polar surface area (TPSA) is 9.23 Å². The van der Waals surface area contributed by atoms with Gasteiger partial charge in [-0.15, -0.1) is 0 Å². The van der Waals surface area contributed by atoms with Crippen LogP contribution in [0.15, 0.2) is 0 Å². The Balaban J connectivity index is 2.38. The molecule has 0 atom stereocenters. The second kappa shape index (κ2) is 7.20. The Labute approximate surface area is 115 Å². The monoisotopic (exact) mass is 338 g/mol. The summed E-state index contributed by atoms with van der Waals surface area (Å²) in [6.07, 6.45) is 8.10. The Morgan fingerprint density at radius 1 is 1.31 bits per heavy atom. The maximum atomic E-state index is 6.20. The standard InChI is InChI=1S/C14H27IO/c1-4-5-13-6-8-14(11-15,9-7-13)16-10-12(2)3/h12-13H,4-11H2,1-3H3. The van der Waals surface area contributed by atoms with Gasteiger partial charge in [0, 0.05) is 11.0 Å². The summed E-state index contributed by atoms with van der Waals surface area (Å²) >= 11 is 2.51. The van der Waals surface area contributed by atoms with Crippen molar-refractivity contribution in [3.8, 4) is 0 Å². The van der Waals surface area contributed by atoms with Crippen LogP contribution in [0.5, 0.6) is 0 Å². The van der Waals surface area contributed by atoms with E-state index in [1.807, 2.05) is 0 Å². The predicted octanol–water partition coefficient (Wildman–Crippen LogP) is 4.82. The molecule has 0 aromatic rings. The lowest BCUT2D eigenvalue weighted by Gasteiger charge is -2.39. The molecule has 1 rings (SSSR count). The normalized spacial score (nSPS) is 30.9. The van der Waals surface area contributed by atoms with Gasteiger partial charge in [-0.2, -0.15) is 0 Å². The summed E-state index contributed by atoms with van der Waals surface area (Å²) in [6, 6.07) is 0. The summed E-state index contributed by atoms with van der Waals surface area (Å²) in [6.45, 7) is 7.71. The van der Waals surface area contributed by atoms with Crippen molar-refractivity contribution in [1.82, 2.24) is 0 Å². The van der Waals surface area contributed by atoms with Gasteiger partial charge in [0.25, 0.3) is 0 Å². The van der Waals surface area contributed by atoms with E-state index in [4.69, 9.17) is 4.74 Å². The molecular formula is C14H27IO. The van der Waals surface area contributed by atoms with Gasteiger partial charge in [-0.1, -0.05) is 56.2 Å². The lowest BCUT2D eigenvalue weighted by Crippen LogP contribution is -2.39. The molecule has 96 valence electrons. The molecule has 2 heteroatoms. The Morgan fingerprint density at radius 2 is 1.94 bits per heavy atom. The predicted molar refractivity (Wildman–Crippen MR) is 79.3 cm³/mol. The van der Waals surface area contributed by atoms with Gasteiger partial charge in [0.05, 0.1) is 5.60 Å². The molecule has 0 aliphatic heterocycles. The quantitative estimate of drug-likeness (QED) is 0.498. The molecule has 0 aromatic carbocycles. The van der Waals surface area contributed by atoms with Gasteiger partial charge in [-0.05, 0) is 37.5 Å². The van der Waals surface area contributed by atoms with Crippen molar-refractivity contribution < 1.29 is 4.74 Å². The van der Waals surface area contributed by atoms with E-state index in [0.29, 0.717) is 5.92 Å². The highest BCUT2D eigenvalue weighted by Gasteiger charge is 2.35. The first-order chi connectivity index (χ1) is 7.62. The smallest absolute Gasteiger partial charge is 0.0771 e. The van der Waals surface area contributed by atoms with E-state index in [0.717, 1.165) is 17.0 Å². The maximum absolute atomic E-state index is 6.20. The molecule has 1 saturated carbocycles. The Hall–Kier alpha value is 0.690. The molecule has 1 aliphatic rings. The first-order valence-electron chi connectivity index (χ1n) is 6.82. The molecule has 0 radical (unpaired) electrons. The Bertz CT molecular complexity index is 183. The van der Waals surface area contributed by atoms with Crippen molar-refractivity contribution in [2.75, 3.05) is 11.0 Å². The van der Waals surface area contributed by atoms with Crippen LogP contribution < -0.4 is 0 Å².